The van der Waals surface area contributed by atoms with E-state index in [0.29, 0.717) is 23.1 Å². The third-order valence-corrected chi connectivity index (χ3v) is 7.48. The lowest BCUT2D eigenvalue weighted by molar-refractivity contribution is -0.142. The fourth-order valence-corrected chi connectivity index (χ4v) is 5.47. The van der Waals surface area contributed by atoms with Crippen LogP contribution in [-0.4, -0.2) is 27.0 Å². The van der Waals surface area contributed by atoms with E-state index in [1.165, 1.54) is 5.56 Å². The number of aromatic nitrogens is 1. The molecule has 6 heteroatoms. The van der Waals surface area contributed by atoms with Crippen molar-refractivity contribution in [3.8, 4) is 0 Å². The molecule has 0 unspecified atom stereocenters. The Morgan fingerprint density at radius 3 is 2.37 bits per heavy atom. The van der Waals surface area contributed by atoms with Crippen molar-refractivity contribution in [2.45, 2.75) is 57.8 Å². The number of carbonyl (C=O) groups is 1. The number of pyridine rings is 1. The highest BCUT2D eigenvalue weighted by molar-refractivity contribution is 6.30. The lowest BCUT2D eigenvalue weighted by atomic mass is 9.78. The van der Waals surface area contributed by atoms with Gasteiger partial charge in [-0.3, -0.25) is 9.78 Å². The number of aryl methyl sites for hydroxylation is 2. The van der Waals surface area contributed by atoms with Crippen LogP contribution in [0.5, 0.6) is 0 Å². The van der Waals surface area contributed by atoms with Gasteiger partial charge in [0.25, 0.3) is 0 Å². The zero-order valence-corrected chi connectivity index (χ0v) is 20.9. The summed E-state index contributed by atoms with van der Waals surface area (Å²) in [6.45, 7) is 3.97. The summed E-state index contributed by atoms with van der Waals surface area (Å²) in [6, 6.07) is 18.4. The maximum absolute atomic E-state index is 11.3. The van der Waals surface area contributed by atoms with Crippen LogP contribution >= 0.6 is 11.6 Å². The Balaban J connectivity index is 1.63. The SMILES string of the molecule is Cc1cc(C(C[C@H](c2ccc([C@H]3CC[C@H](C(=O)O)CC3)cc2)c2ccc(Cl)cc2C)=NO)ccn1. The number of rotatable bonds is 7. The van der Waals surface area contributed by atoms with Crippen molar-refractivity contribution < 1.29 is 15.1 Å². The summed E-state index contributed by atoms with van der Waals surface area (Å²) in [4.78, 5) is 15.6. The van der Waals surface area contributed by atoms with Crippen LogP contribution in [0.4, 0.5) is 0 Å². The highest BCUT2D eigenvalue weighted by Crippen LogP contribution is 2.38. The molecule has 1 heterocycles. The highest BCUT2D eigenvalue weighted by atomic mass is 35.5. The molecule has 2 N–H and O–H groups in total. The molecule has 1 atom stereocenters. The molecule has 1 aliphatic rings. The number of oxime groups is 1. The summed E-state index contributed by atoms with van der Waals surface area (Å²) in [5.41, 5.74) is 6.92. The molecule has 35 heavy (non-hydrogen) atoms. The number of carboxylic acid groups (broad SMARTS) is 1. The van der Waals surface area contributed by atoms with Crippen LogP contribution in [0.25, 0.3) is 0 Å². The van der Waals surface area contributed by atoms with Gasteiger partial charge in [-0.05, 0) is 92.0 Å². The molecule has 0 aliphatic heterocycles. The second kappa shape index (κ2) is 11.0. The van der Waals surface area contributed by atoms with Gasteiger partial charge < -0.3 is 10.3 Å². The Morgan fingerprint density at radius 1 is 1.06 bits per heavy atom. The molecule has 0 spiro atoms. The van der Waals surface area contributed by atoms with Gasteiger partial charge in [0.1, 0.15) is 0 Å². The van der Waals surface area contributed by atoms with Gasteiger partial charge >= 0.3 is 5.97 Å². The summed E-state index contributed by atoms with van der Waals surface area (Å²) >= 11 is 6.24. The van der Waals surface area contributed by atoms with Crippen molar-refractivity contribution in [1.82, 2.24) is 4.98 Å². The second-order valence-electron chi connectivity index (χ2n) is 9.54. The van der Waals surface area contributed by atoms with E-state index in [9.17, 15) is 15.1 Å². The van der Waals surface area contributed by atoms with Gasteiger partial charge in [0.15, 0.2) is 0 Å². The first-order valence-corrected chi connectivity index (χ1v) is 12.5. The van der Waals surface area contributed by atoms with E-state index >= 15 is 0 Å². The number of benzene rings is 2. The molecule has 0 bridgehead atoms. The van der Waals surface area contributed by atoms with E-state index in [1.54, 1.807) is 6.20 Å². The van der Waals surface area contributed by atoms with Gasteiger partial charge in [0, 0.05) is 34.8 Å². The zero-order valence-electron chi connectivity index (χ0n) is 20.1. The molecular weight excluding hydrogens is 460 g/mol. The summed E-state index contributed by atoms with van der Waals surface area (Å²) in [5, 5.41) is 23.6. The van der Waals surface area contributed by atoms with Crippen molar-refractivity contribution in [3.05, 3.63) is 99.3 Å². The molecule has 4 rings (SSSR count). The minimum Gasteiger partial charge on any atom is -0.481 e. The first-order chi connectivity index (χ1) is 16.9. The van der Waals surface area contributed by atoms with Crippen LogP contribution in [0, 0.1) is 19.8 Å². The zero-order chi connectivity index (χ0) is 24.9. The smallest absolute Gasteiger partial charge is 0.306 e. The maximum atomic E-state index is 11.3. The third-order valence-electron chi connectivity index (χ3n) is 7.24. The maximum Gasteiger partial charge on any atom is 0.306 e. The van der Waals surface area contributed by atoms with E-state index in [4.69, 9.17) is 11.6 Å². The average molecular weight is 491 g/mol. The van der Waals surface area contributed by atoms with Crippen molar-refractivity contribution in [1.29, 1.82) is 0 Å². The molecule has 0 radical (unpaired) electrons. The van der Waals surface area contributed by atoms with Gasteiger partial charge in [-0.25, -0.2) is 0 Å². The van der Waals surface area contributed by atoms with Crippen molar-refractivity contribution in [2.24, 2.45) is 11.1 Å². The van der Waals surface area contributed by atoms with Crippen molar-refractivity contribution in [2.75, 3.05) is 0 Å². The predicted octanol–water partition coefficient (Wildman–Crippen LogP) is 7.11. The molecule has 3 aromatic rings. The minimum absolute atomic E-state index is 0.0246. The van der Waals surface area contributed by atoms with Crippen molar-refractivity contribution >= 4 is 23.3 Å². The van der Waals surface area contributed by atoms with Gasteiger partial charge in [0.05, 0.1) is 11.6 Å². The number of hydrogen-bond donors (Lipinski definition) is 2. The molecule has 1 aromatic heterocycles. The second-order valence-corrected chi connectivity index (χ2v) is 9.98. The Kier molecular flexibility index (Phi) is 7.86. The molecule has 1 saturated carbocycles. The largest absolute Gasteiger partial charge is 0.481 e. The molecule has 1 aliphatic carbocycles. The molecule has 2 aromatic carbocycles. The fraction of sp³-hybridized carbons (Fsp3) is 0.345. The average Bonchev–Trinajstić information content (AvgIpc) is 2.86. The van der Waals surface area contributed by atoms with Crippen LogP contribution in [0.3, 0.4) is 0 Å². The van der Waals surface area contributed by atoms with Crippen LogP contribution in [0.2, 0.25) is 5.02 Å². The number of halogens is 1. The van der Waals surface area contributed by atoms with E-state index in [1.807, 2.05) is 31.2 Å². The standard InChI is InChI=1S/C29H31ClN2O3/c1-18-15-25(30)11-12-26(18)27(17-28(32-35)24-13-14-31-19(2)16-24)22-7-3-20(4-8-22)21-5-9-23(10-6-21)29(33)34/h3-4,7-8,11-16,21,23,27,35H,5-6,9-10,17H2,1-2H3,(H,33,34)/t21-,23-,27-/m1/s1. The number of aliphatic carboxylic acids is 1. The van der Waals surface area contributed by atoms with Crippen molar-refractivity contribution in [3.63, 3.8) is 0 Å². The predicted molar refractivity (Wildman–Crippen MR) is 139 cm³/mol. The molecule has 1 fully saturated rings. The third kappa shape index (κ3) is 5.91. The van der Waals surface area contributed by atoms with E-state index in [0.717, 1.165) is 53.6 Å². The van der Waals surface area contributed by atoms with Crippen LogP contribution in [-0.2, 0) is 4.79 Å². The van der Waals surface area contributed by atoms with Gasteiger partial charge in [0.2, 0.25) is 0 Å². The number of hydrogen-bond acceptors (Lipinski definition) is 4. The summed E-state index contributed by atoms with van der Waals surface area (Å²) in [6.07, 6.45) is 5.52. The summed E-state index contributed by atoms with van der Waals surface area (Å²) in [7, 11) is 0. The van der Waals surface area contributed by atoms with Gasteiger partial charge in [-0.15, -0.1) is 0 Å². The Labute approximate surface area is 211 Å². The molecule has 0 saturated heterocycles. The number of carboxylic acids is 1. The molecule has 0 amide bonds. The fourth-order valence-electron chi connectivity index (χ4n) is 5.25. The first kappa shape index (κ1) is 24.9. The quantitative estimate of drug-likeness (QED) is 0.210. The first-order valence-electron chi connectivity index (χ1n) is 12.1. The summed E-state index contributed by atoms with van der Waals surface area (Å²) < 4.78 is 0. The van der Waals surface area contributed by atoms with Crippen LogP contribution in [0.1, 0.15) is 77.5 Å². The van der Waals surface area contributed by atoms with E-state index < -0.39 is 5.97 Å². The molecule has 5 nitrogen and oxygen atoms in total. The summed E-state index contributed by atoms with van der Waals surface area (Å²) in [5.74, 6) is -0.519. The monoisotopic (exact) mass is 490 g/mol. The number of nitrogens with zero attached hydrogens (tertiary/aromatic N) is 2. The van der Waals surface area contributed by atoms with E-state index in [-0.39, 0.29) is 11.8 Å². The van der Waals surface area contributed by atoms with Crippen LogP contribution < -0.4 is 0 Å². The highest BCUT2D eigenvalue weighted by Gasteiger charge is 2.27. The molecular formula is C29H31ClN2O3. The Bertz CT molecular complexity index is 1210. The lowest BCUT2D eigenvalue weighted by Crippen LogP contribution is -2.20. The Morgan fingerprint density at radius 2 is 1.77 bits per heavy atom. The molecule has 182 valence electrons. The van der Waals surface area contributed by atoms with Crippen LogP contribution in [0.15, 0.2) is 65.9 Å². The lowest BCUT2D eigenvalue weighted by Gasteiger charge is -2.27. The van der Waals surface area contributed by atoms with E-state index in [2.05, 4.69) is 47.4 Å². The topological polar surface area (TPSA) is 82.8 Å². The normalized spacial score (nSPS) is 19.3. The minimum atomic E-state index is -0.675. The van der Waals surface area contributed by atoms with Gasteiger partial charge in [-0.1, -0.05) is 47.1 Å². The Hall–Kier alpha value is -3.18. The van der Waals surface area contributed by atoms with Gasteiger partial charge in [-0.2, -0.15) is 0 Å².